The number of esters is 1. The molecule has 0 aliphatic carbocycles. The highest BCUT2D eigenvalue weighted by molar-refractivity contribution is 6.31. The van der Waals surface area contributed by atoms with E-state index >= 15 is 0 Å². The van der Waals surface area contributed by atoms with Crippen LogP contribution in [0.2, 0.25) is 5.02 Å². The molecule has 27 heavy (non-hydrogen) atoms. The second kappa shape index (κ2) is 9.60. The molecule has 0 spiro atoms. The number of anilines is 1. The summed E-state index contributed by atoms with van der Waals surface area (Å²) in [6.45, 7) is 4.08. The molecule has 0 aromatic heterocycles. The molecule has 0 saturated heterocycles. The number of nitriles is 1. The first-order chi connectivity index (χ1) is 12.9. The van der Waals surface area contributed by atoms with E-state index in [9.17, 15) is 9.59 Å². The molecule has 0 radical (unpaired) electrons. The second-order valence-corrected chi connectivity index (χ2v) is 6.60. The Bertz CT molecular complexity index is 875. The van der Waals surface area contributed by atoms with Crippen LogP contribution >= 0.6 is 11.6 Å². The SMILES string of the molecule is CC(C)COc1cccc(C(=O)OCC(=O)Nc2cc(Cl)ccc2C#N)c1. The quantitative estimate of drug-likeness (QED) is 0.725. The smallest absolute Gasteiger partial charge is 0.338 e. The highest BCUT2D eigenvalue weighted by Crippen LogP contribution is 2.20. The molecular formula is C20H19ClN2O4. The summed E-state index contributed by atoms with van der Waals surface area (Å²) in [6, 6.07) is 13.0. The predicted molar refractivity (Wildman–Crippen MR) is 102 cm³/mol. The molecule has 0 saturated carbocycles. The predicted octanol–water partition coefficient (Wildman–Crippen LogP) is 4.04. The van der Waals surface area contributed by atoms with Gasteiger partial charge in [-0.05, 0) is 42.3 Å². The highest BCUT2D eigenvalue weighted by atomic mass is 35.5. The Morgan fingerprint density at radius 2 is 2.00 bits per heavy atom. The third kappa shape index (κ3) is 6.32. The molecule has 0 atom stereocenters. The van der Waals surface area contributed by atoms with E-state index < -0.39 is 18.5 Å². The van der Waals surface area contributed by atoms with Crippen molar-refractivity contribution < 1.29 is 19.1 Å². The van der Waals surface area contributed by atoms with Gasteiger partial charge in [0.2, 0.25) is 0 Å². The summed E-state index contributed by atoms with van der Waals surface area (Å²) in [5, 5.41) is 11.9. The van der Waals surface area contributed by atoms with E-state index in [1.807, 2.05) is 19.9 Å². The lowest BCUT2D eigenvalue weighted by Crippen LogP contribution is -2.21. The largest absolute Gasteiger partial charge is 0.493 e. The van der Waals surface area contributed by atoms with Crippen LogP contribution in [0.3, 0.4) is 0 Å². The first-order valence-electron chi connectivity index (χ1n) is 8.28. The van der Waals surface area contributed by atoms with E-state index in [0.717, 1.165) is 0 Å². The molecule has 6 nitrogen and oxygen atoms in total. The molecule has 0 unspecified atom stereocenters. The minimum atomic E-state index is -0.647. The Kier molecular flexibility index (Phi) is 7.21. The van der Waals surface area contributed by atoms with Gasteiger partial charge in [0.1, 0.15) is 11.8 Å². The fraction of sp³-hybridized carbons (Fsp3) is 0.250. The summed E-state index contributed by atoms with van der Waals surface area (Å²) in [6.07, 6.45) is 0. The van der Waals surface area contributed by atoms with Crippen molar-refractivity contribution in [1.82, 2.24) is 0 Å². The number of hydrogen-bond donors (Lipinski definition) is 1. The number of amides is 1. The summed E-state index contributed by atoms with van der Waals surface area (Å²) in [5.41, 5.74) is 0.800. The first-order valence-corrected chi connectivity index (χ1v) is 8.66. The molecule has 1 amide bonds. The van der Waals surface area contributed by atoms with Crippen molar-refractivity contribution in [3.05, 3.63) is 58.6 Å². The zero-order chi connectivity index (χ0) is 19.8. The van der Waals surface area contributed by atoms with Crippen LogP contribution in [0.25, 0.3) is 0 Å². The molecule has 0 bridgehead atoms. The standard InChI is InChI=1S/C20H19ClN2O4/c1-13(2)11-26-17-5-3-4-14(8-17)20(25)27-12-19(24)23-18-9-16(21)7-6-15(18)10-22/h3-9,13H,11-12H2,1-2H3,(H,23,24). The van der Waals surface area contributed by atoms with Crippen LogP contribution < -0.4 is 10.1 Å². The Morgan fingerprint density at radius 3 is 2.70 bits per heavy atom. The number of carbonyl (C=O) groups is 2. The summed E-state index contributed by atoms with van der Waals surface area (Å²) < 4.78 is 10.6. The van der Waals surface area contributed by atoms with Crippen molar-refractivity contribution in [2.24, 2.45) is 5.92 Å². The van der Waals surface area contributed by atoms with Crippen LogP contribution in [-0.2, 0) is 9.53 Å². The molecule has 2 aromatic rings. The van der Waals surface area contributed by atoms with Gasteiger partial charge in [0.15, 0.2) is 6.61 Å². The van der Waals surface area contributed by atoms with E-state index in [1.165, 1.54) is 12.1 Å². The van der Waals surface area contributed by atoms with Crippen molar-refractivity contribution in [2.75, 3.05) is 18.5 Å². The third-order valence-corrected chi connectivity index (χ3v) is 3.60. The van der Waals surface area contributed by atoms with Gasteiger partial charge in [-0.1, -0.05) is 31.5 Å². The van der Waals surface area contributed by atoms with Gasteiger partial charge in [-0.15, -0.1) is 0 Å². The van der Waals surface area contributed by atoms with Crippen LogP contribution in [0, 0.1) is 17.2 Å². The zero-order valence-corrected chi connectivity index (χ0v) is 15.7. The number of nitrogens with zero attached hydrogens (tertiary/aromatic N) is 1. The van der Waals surface area contributed by atoms with Crippen molar-refractivity contribution in [3.63, 3.8) is 0 Å². The number of benzene rings is 2. The van der Waals surface area contributed by atoms with E-state index in [-0.39, 0.29) is 16.8 Å². The van der Waals surface area contributed by atoms with Crippen LogP contribution in [-0.4, -0.2) is 25.1 Å². The minimum Gasteiger partial charge on any atom is -0.493 e. The van der Waals surface area contributed by atoms with E-state index in [4.69, 9.17) is 26.3 Å². The topological polar surface area (TPSA) is 88.4 Å². The van der Waals surface area contributed by atoms with Gasteiger partial charge >= 0.3 is 5.97 Å². The van der Waals surface area contributed by atoms with Crippen LogP contribution in [0.1, 0.15) is 29.8 Å². The normalized spacial score (nSPS) is 10.2. The Morgan fingerprint density at radius 1 is 1.22 bits per heavy atom. The van der Waals surface area contributed by atoms with Crippen LogP contribution in [0.5, 0.6) is 5.75 Å². The number of hydrogen-bond acceptors (Lipinski definition) is 5. The fourth-order valence-corrected chi connectivity index (χ4v) is 2.27. The first kappa shape index (κ1) is 20.3. The van der Waals surface area contributed by atoms with Gasteiger partial charge in [-0.2, -0.15) is 5.26 Å². The number of carbonyl (C=O) groups excluding carboxylic acids is 2. The molecule has 0 heterocycles. The lowest BCUT2D eigenvalue weighted by Gasteiger charge is -2.10. The maximum Gasteiger partial charge on any atom is 0.338 e. The Labute approximate surface area is 162 Å². The number of halogens is 1. The molecule has 140 valence electrons. The van der Waals surface area contributed by atoms with Crippen molar-refractivity contribution in [1.29, 1.82) is 5.26 Å². The monoisotopic (exact) mass is 386 g/mol. The summed E-state index contributed by atoms with van der Waals surface area (Å²) in [7, 11) is 0. The maximum atomic E-state index is 12.1. The molecule has 0 fully saturated rings. The Balaban J connectivity index is 1.94. The summed E-state index contributed by atoms with van der Waals surface area (Å²) in [5.74, 6) is -0.310. The molecule has 1 N–H and O–H groups in total. The molecular weight excluding hydrogens is 368 g/mol. The van der Waals surface area contributed by atoms with E-state index in [2.05, 4.69) is 5.32 Å². The number of ether oxygens (including phenoxy) is 2. The second-order valence-electron chi connectivity index (χ2n) is 6.16. The highest BCUT2D eigenvalue weighted by Gasteiger charge is 2.13. The molecule has 0 aliphatic heterocycles. The lowest BCUT2D eigenvalue weighted by atomic mass is 10.2. The minimum absolute atomic E-state index is 0.258. The van der Waals surface area contributed by atoms with Gasteiger partial charge in [-0.3, -0.25) is 4.79 Å². The summed E-state index contributed by atoms with van der Waals surface area (Å²) in [4.78, 5) is 24.1. The van der Waals surface area contributed by atoms with Gasteiger partial charge < -0.3 is 14.8 Å². The van der Waals surface area contributed by atoms with Crippen molar-refractivity contribution in [3.8, 4) is 11.8 Å². The van der Waals surface area contributed by atoms with Gasteiger partial charge in [-0.25, -0.2) is 4.79 Å². The van der Waals surface area contributed by atoms with Crippen LogP contribution in [0.15, 0.2) is 42.5 Å². The summed E-state index contributed by atoms with van der Waals surface area (Å²) >= 11 is 5.87. The molecule has 7 heteroatoms. The number of rotatable bonds is 7. The maximum absolute atomic E-state index is 12.1. The number of nitrogens with one attached hydrogen (secondary N) is 1. The lowest BCUT2D eigenvalue weighted by molar-refractivity contribution is -0.119. The van der Waals surface area contributed by atoms with Gasteiger partial charge in [0.25, 0.3) is 5.91 Å². The van der Waals surface area contributed by atoms with Crippen molar-refractivity contribution >= 4 is 29.2 Å². The third-order valence-electron chi connectivity index (χ3n) is 3.36. The fourth-order valence-electron chi connectivity index (χ4n) is 2.09. The van der Waals surface area contributed by atoms with E-state index in [1.54, 1.807) is 30.3 Å². The Hall–Kier alpha value is -3.04. The molecule has 0 aliphatic rings. The molecule has 2 aromatic carbocycles. The van der Waals surface area contributed by atoms with Gasteiger partial charge in [0, 0.05) is 5.02 Å². The van der Waals surface area contributed by atoms with E-state index in [0.29, 0.717) is 23.3 Å². The average molecular weight is 387 g/mol. The van der Waals surface area contributed by atoms with Crippen molar-refractivity contribution in [2.45, 2.75) is 13.8 Å². The zero-order valence-electron chi connectivity index (χ0n) is 15.0. The van der Waals surface area contributed by atoms with Crippen LogP contribution in [0.4, 0.5) is 5.69 Å². The average Bonchev–Trinajstić information content (AvgIpc) is 2.65. The molecule has 2 rings (SSSR count). The van der Waals surface area contributed by atoms with Gasteiger partial charge in [0.05, 0.1) is 23.4 Å².